The van der Waals surface area contributed by atoms with Gasteiger partial charge in [0.1, 0.15) is 0 Å². The first-order valence-electron chi connectivity index (χ1n) is 6.82. The van der Waals surface area contributed by atoms with Crippen molar-refractivity contribution < 1.29 is 20.4 Å². The summed E-state index contributed by atoms with van der Waals surface area (Å²) in [6.45, 7) is -0.00546. The van der Waals surface area contributed by atoms with E-state index in [1.807, 2.05) is 42.5 Å². The zero-order valence-electron chi connectivity index (χ0n) is 11.9. The summed E-state index contributed by atoms with van der Waals surface area (Å²) in [7, 11) is 0. The van der Waals surface area contributed by atoms with E-state index in [2.05, 4.69) is 0 Å². The zero-order valence-corrected chi connectivity index (χ0v) is 11.9. The second-order valence-electron chi connectivity index (χ2n) is 4.56. The molecule has 0 bridgehead atoms. The van der Waals surface area contributed by atoms with E-state index in [4.69, 9.17) is 20.4 Å². The Kier molecular flexibility index (Phi) is 8.31. The van der Waals surface area contributed by atoms with Crippen LogP contribution < -0.4 is 0 Å². The van der Waals surface area contributed by atoms with Crippen LogP contribution in [0.5, 0.6) is 0 Å². The van der Waals surface area contributed by atoms with Crippen LogP contribution in [0.25, 0.3) is 0 Å². The molecule has 4 heteroatoms. The molecule has 0 aromatic heterocycles. The molecule has 0 aliphatic heterocycles. The van der Waals surface area contributed by atoms with E-state index < -0.39 is 0 Å². The highest BCUT2D eigenvalue weighted by Crippen LogP contribution is 2.12. The van der Waals surface area contributed by atoms with Crippen LogP contribution in [0.4, 0.5) is 0 Å². The average Bonchev–Trinajstić information content (AvgIpc) is 2.57. The normalized spacial score (nSPS) is 10.1. The smallest absolute Gasteiger partial charge is 0.0685 e. The standard InChI is InChI=1S/C9H12O2.C8H10O2/c10-6-9(7-11)8-4-2-1-3-5-8;9-5-7-3-1-2-4-8(7)6-10/h1-5,9-11H,6-7H2;1-4,9-10H,5-6H2. The summed E-state index contributed by atoms with van der Waals surface area (Å²) in [5.41, 5.74) is 2.58. The molecule has 0 heterocycles. The number of aliphatic hydroxyl groups is 4. The van der Waals surface area contributed by atoms with Crippen LogP contribution in [0, 0.1) is 0 Å². The summed E-state index contributed by atoms with van der Waals surface area (Å²) in [6, 6.07) is 16.8. The van der Waals surface area contributed by atoms with Crippen molar-refractivity contribution in [3.63, 3.8) is 0 Å². The lowest BCUT2D eigenvalue weighted by Crippen LogP contribution is -2.08. The third-order valence-corrected chi connectivity index (χ3v) is 3.17. The number of benzene rings is 2. The molecule has 0 radical (unpaired) electrons. The Labute approximate surface area is 124 Å². The van der Waals surface area contributed by atoms with Crippen LogP contribution >= 0.6 is 0 Å². The van der Waals surface area contributed by atoms with Gasteiger partial charge in [-0.3, -0.25) is 0 Å². The fraction of sp³-hybridized carbons (Fsp3) is 0.294. The molecule has 0 unspecified atom stereocenters. The number of hydrogen-bond donors (Lipinski definition) is 4. The van der Waals surface area contributed by atoms with E-state index in [-0.39, 0.29) is 32.3 Å². The van der Waals surface area contributed by atoms with Crippen molar-refractivity contribution in [1.29, 1.82) is 0 Å². The van der Waals surface area contributed by atoms with Gasteiger partial charge in [0.05, 0.1) is 26.4 Å². The second-order valence-corrected chi connectivity index (χ2v) is 4.56. The summed E-state index contributed by atoms with van der Waals surface area (Å²) in [5.74, 6) is -0.129. The quantitative estimate of drug-likeness (QED) is 0.671. The van der Waals surface area contributed by atoms with E-state index >= 15 is 0 Å². The maximum Gasteiger partial charge on any atom is 0.0685 e. The molecule has 0 atom stereocenters. The number of hydrogen-bond acceptors (Lipinski definition) is 4. The van der Waals surface area contributed by atoms with Gasteiger partial charge in [-0.05, 0) is 16.7 Å². The first-order chi connectivity index (χ1) is 10.3. The molecular formula is C17H22O4. The minimum atomic E-state index is -0.129. The Morgan fingerprint density at radius 3 is 1.43 bits per heavy atom. The van der Waals surface area contributed by atoms with Crippen molar-refractivity contribution >= 4 is 0 Å². The summed E-state index contributed by atoms with van der Waals surface area (Å²) < 4.78 is 0. The topological polar surface area (TPSA) is 80.9 Å². The Balaban J connectivity index is 0.000000211. The molecule has 21 heavy (non-hydrogen) atoms. The Hall–Kier alpha value is -1.72. The number of aliphatic hydroxyl groups excluding tert-OH is 4. The predicted octanol–water partition coefficient (Wildman–Crippen LogP) is 1.43. The molecule has 0 saturated heterocycles. The van der Waals surface area contributed by atoms with Crippen molar-refractivity contribution in [3.8, 4) is 0 Å². The van der Waals surface area contributed by atoms with Gasteiger partial charge in [-0.1, -0.05) is 54.6 Å². The molecule has 0 saturated carbocycles. The van der Waals surface area contributed by atoms with E-state index in [1.54, 1.807) is 12.1 Å². The molecule has 0 aliphatic carbocycles. The van der Waals surface area contributed by atoms with E-state index in [1.165, 1.54) is 0 Å². The van der Waals surface area contributed by atoms with E-state index in [0.29, 0.717) is 0 Å². The third kappa shape index (κ3) is 5.65. The highest BCUT2D eigenvalue weighted by Gasteiger charge is 2.06. The van der Waals surface area contributed by atoms with Crippen LogP contribution in [-0.4, -0.2) is 33.6 Å². The maximum absolute atomic E-state index is 8.82. The Morgan fingerprint density at radius 2 is 1.05 bits per heavy atom. The summed E-state index contributed by atoms with van der Waals surface area (Å²) in [4.78, 5) is 0. The highest BCUT2D eigenvalue weighted by molar-refractivity contribution is 5.25. The summed E-state index contributed by atoms with van der Waals surface area (Å²) >= 11 is 0. The minimum absolute atomic E-state index is 0.000509. The van der Waals surface area contributed by atoms with Gasteiger partial charge in [-0.15, -0.1) is 0 Å². The molecule has 114 valence electrons. The van der Waals surface area contributed by atoms with Gasteiger partial charge in [0.15, 0.2) is 0 Å². The van der Waals surface area contributed by atoms with Gasteiger partial charge in [-0.25, -0.2) is 0 Å². The average molecular weight is 290 g/mol. The Bertz CT molecular complexity index is 472. The Morgan fingerprint density at radius 1 is 0.619 bits per heavy atom. The van der Waals surface area contributed by atoms with Crippen molar-refractivity contribution in [2.45, 2.75) is 19.1 Å². The molecule has 2 rings (SSSR count). The highest BCUT2D eigenvalue weighted by atomic mass is 16.3. The molecular weight excluding hydrogens is 268 g/mol. The van der Waals surface area contributed by atoms with Gasteiger partial charge in [0.2, 0.25) is 0 Å². The van der Waals surface area contributed by atoms with Crippen LogP contribution in [0.15, 0.2) is 54.6 Å². The molecule has 0 aliphatic rings. The molecule has 0 amide bonds. The summed E-state index contributed by atoms with van der Waals surface area (Å²) in [6.07, 6.45) is 0. The van der Waals surface area contributed by atoms with Gasteiger partial charge in [0, 0.05) is 5.92 Å². The lowest BCUT2D eigenvalue weighted by atomic mass is 10.0. The molecule has 0 fully saturated rings. The first-order valence-corrected chi connectivity index (χ1v) is 6.82. The van der Waals surface area contributed by atoms with Crippen LogP contribution in [0.2, 0.25) is 0 Å². The van der Waals surface area contributed by atoms with Crippen molar-refractivity contribution in [1.82, 2.24) is 0 Å². The second kappa shape index (κ2) is 10.1. The maximum atomic E-state index is 8.82. The van der Waals surface area contributed by atoms with Gasteiger partial charge in [-0.2, -0.15) is 0 Å². The van der Waals surface area contributed by atoms with Gasteiger partial charge >= 0.3 is 0 Å². The van der Waals surface area contributed by atoms with E-state index in [0.717, 1.165) is 16.7 Å². The van der Waals surface area contributed by atoms with Crippen molar-refractivity contribution in [2.24, 2.45) is 0 Å². The van der Waals surface area contributed by atoms with Gasteiger partial charge < -0.3 is 20.4 Å². The van der Waals surface area contributed by atoms with E-state index in [9.17, 15) is 0 Å². The third-order valence-electron chi connectivity index (χ3n) is 3.17. The monoisotopic (exact) mass is 290 g/mol. The van der Waals surface area contributed by atoms with Crippen LogP contribution in [0.1, 0.15) is 22.6 Å². The molecule has 0 spiro atoms. The van der Waals surface area contributed by atoms with Crippen molar-refractivity contribution in [2.75, 3.05) is 13.2 Å². The largest absolute Gasteiger partial charge is 0.396 e. The fourth-order valence-electron chi connectivity index (χ4n) is 1.86. The lowest BCUT2D eigenvalue weighted by Gasteiger charge is -2.09. The summed E-state index contributed by atoms with van der Waals surface area (Å²) in [5, 5.41) is 35.1. The SMILES string of the molecule is OCC(CO)c1ccccc1.OCc1ccccc1CO. The fourth-order valence-corrected chi connectivity index (χ4v) is 1.86. The van der Waals surface area contributed by atoms with Crippen molar-refractivity contribution in [3.05, 3.63) is 71.3 Å². The molecule has 4 nitrogen and oxygen atoms in total. The predicted molar refractivity (Wildman–Crippen MR) is 81.6 cm³/mol. The van der Waals surface area contributed by atoms with Gasteiger partial charge in [0.25, 0.3) is 0 Å². The minimum Gasteiger partial charge on any atom is -0.396 e. The molecule has 2 aromatic rings. The number of rotatable bonds is 5. The molecule has 4 N–H and O–H groups in total. The first kappa shape index (κ1) is 17.3. The molecule has 2 aromatic carbocycles. The van der Waals surface area contributed by atoms with Crippen LogP contribution in [0.3, 0.4) is 0 Å². The zero-order chi connectivity index (χ0) is 15.5. The lowest BCUT2D eigenvalue weighted by molar-refractivity contribution is 0.192. The van der Waals surface area contributed by atoms with Crippen LogP contribution in [-0.2, 0) is 13.2 Å².